The fourth-order valence-electron chi connectivity index (χ4n) is 2.04. The van der Waals surface area contributed by atoms with Gasteiger partial charge in [0.05, 0.1) is 10.2 Å². The van der Waals surface area contributed by atoms with Crippen molar-refractivity contribution < 1.29 is 4.79 Å². The molecule has 3 nitrogen and oxygen atoms in total. The van der Waals surface area contributed by atoms with E-state index in [1.54, 1.807) is 23.1 Å². The van der Waals surface area contributed by atoms with Crippen LogP contribution in [0.5, 0.6) is 0 Å². The lowest BCUT2D eigenvalue weighted by Gasteiger charge is -2.04. The molecule has 8 heteroatoms. The SMILES string of the molecule is O=C(CCl)Nc1ccc2nc(SCc3c(Cl)cccc3Cl)sc2c1. The highest BCUT2D eigenvalue weighted by atomic mass is 35.5. The summed E-state index contributed by atoms with van der Waals surface area (Å²) in [6.07, 6.45) is 0. The zero-order chi connectivity index (χ0) is 17.1. The quantitative estimate of drug-likeness (QED) is 0.404. The number of anilines is 1. The topological polar surface area (TPSA) is 42.0 Å². The Labute approximate surface area is 162 Å². The van der Waals surface area contributed by atoms with Gasteiger partial charge in [-0.3, -0.25) is 4.79 Å². The highest BCUT2D eigenvalue weighted by Crippen LogP contribution is 2.36. The van der Waals surface area contributed by atoms with Gasteiger partial charge >= 0.3 is 0 Å². The highest BCUT2D eigenvalue weighted by molar-refractivity contribution is 8.00. The molecule has 1 amide bonds. The van der Waals surface area contributed by atoms with E-state index in [4.69, 9.17) is 34.8 Å². The zero-order valence-corrected chi connectivity index (χ0v) is 16.1. The summed E-state index contributed by atoms with van der Waals surface area (Å²) in [5.74, 6) is 0.345. The first-order valence-electron chi connectivity index (χ1n) is 6.89. The second-order valence-electron chi connectivity index (χ2n) is 4.83. The van der Waals surface area contributed by atoms with Crippen LogP contribution in [0.1, 0.15) is 5.56 Å². The molecule has 0 atom stereocenters. The number of carbonyl (C=O) groups excluding carboxylic acids is 1. The summed E-state index contributed by atoms with van der Waals surface area (Å²) in [5.41, 5.74) is 2.50. The van der Waals surface area contributed by atoms with E-state index < -0.39 is 0 Å². The Bertz CT molecular complexity index is 878. The number of hydrogen-bond acceptors (Lipinski definition) is 4. The first-order chi connectivity index (χ1) is 11.6. The summed E-state index contributed by atoms with van der Waals surface area (Å²) >= 11 is 21.0. The van der Waals surface area contributed by atoms with Crippen LogP contribution in [0, 0.1) is 0 Å². The predicted molar refractivity (Wildman–Crippen MR) is 105 cm³/mol. The normalized spacial score (nSPS) is 11.0. The molecule has 124 valence electrons. The lowest BCUT2D eigenvalue weighted by molar-refractivity contribution is -0.113. The fourth-order valence-corrected chi connectivity index (χ4v) is 4.96. The van der Waals surface area contributed by atoms with Gasteiger partial charge in [0.2, 0.25) is 5.91 Å². The molecule has 0 saturated heterocycles. The monoisotopic (exact) mass is 416 g/mol. The number of aromatic nitrogens is 1. The number of fused-ring (bicyclic) bond motifs is 1. The van der Waals surface area contributed by atoms with Crippen LogP contribution in [-0.4, -0.2) is 16.8 Å². The lowest BCUT2D eigenvalue weighted by Crippen LogP contribution is -2.12. The Morgan fingerprint density at radius 2 is 1.96 bits per heavy atom. The van der Waals surface area contributed by atoms with E-state index in [-0.39, 0.29) is 11.8 Å². The zero-order valence-electron chi connectivity index (χ0n) is 12.2. The van der Waals surface area contributed by atoms with Crippen molar-refractivity contribution in [1.82, 2.24) is 4.98 Å². The molecule has 0 aliphatic carbocycles. The second-order valence-corrected chi connectivity index (χ2v) is 8.17. The Hall–Kier alpha value is -0.980. The number of thiazole rings is 1. The molecule has 0 unspecified atom stereocenters. The van der Waals surface area contributed by atoms with Crippen LogP contribution in [0.15, 0.2) is 40.7 Å². The third kappa shape index (κ3) is 4.16. The van der Waals surface area contributed by atoms with Crippen LogP contribution >= 0.6 is 57.9 Å². The van der Waals surface area contributed by atoms with Crippen molar-refractivity contribution in [3.8, 4) is 0 Å². The van der Waals surface area contributed by atoms with Gasteiger partial charge in [-0.1, -0.05) is 41.0 Å². The molecule has 1 N–H and O–H groups in total. The maximum Gasteiger partial charge on any atom is 0.239 e. The lowest BCUT2D eigenvalue weighted by atomic mass is 10.2. The standard InChI is InChI=1S/C16H11Cl3N2OS2/c17-7-15(22)20-9-4-5-13-14(6-9)24-16(21-13)23-8-10-11(18)2-1-3-12(10)19/h1-6H,7-8H2,(H,20,22). The Balaban J connectivity index is 1.77. The average molecular weight is 418 g/mol. The number of nitrogens with one attached hydrogen (secondary N) is 1. The van der Waals surface area contributed by atoms with E-state index in [1.165, 1.54) is 0 Å². The fraction of sp³-hybridized carbons (Fsp3) is 0.125. The highest BCUT2D eigenvalue weighted by Gasteiger charge is 2.10. The maximum absolute atomic E-state index is 11.4. The number of hydrogen-bond donors (Lipinski definition) is 1. The van der Waals surface area contributed by atoms with Gasteiger partial charge in [-0.15, -0.1) is 22.9 Å². The van der Waals surface area contributed by atoms with Crippen molar-refractivity contribution >= 4 is 79.7 Å². The molecule has 1 heterocycles. The van der Waals surface area contributed by atoms with E-state index in [0.717, 1.165) is 20.1 Å². The van der Waals surface area contributed by atoms with Crippen molar-refractivity contribution in [2.75, 3.05) is 11.2 Å². The molecular formula is C16H11Cl3N2OS2. The van der Waals surface area contributed by atoms with E-state index >= 15 is 0 Å². The van der Waals surface area contributed by atoms with Crippen molar-refractivity contribution in [1.29, 1.82) is 0 Å². The van der Waals surface area contributed by atoms with E-state index in [1.807, 2.05) is 36.4 Å². The summed E-state index contributed by atoms with van der Waals surface area (Å²) in [6.45, 7) is 0. The van der Waals surface area contributed by atoms with Gasteiger partial charge in [0.15, 0.2) is 4.34 Å². The van der Waals surface area contributed by atoms with Crippen molar-refractivity contribution in [2.45, 2.75) is 10.1 Å². The number of carbonyl (C=O) groups is 1. The number of rotatable bonds is 5. The van der Waals surface area contributed by atoms with Gasteiger partial charge in [0.1, 0.15) is 5.88 Å². The molecule has 0 fully saturated rings. The molecule has 0 saturated carbocycles. The van der Waals surface area contributed by atoms with E-state index in [2.05, 4.69) is 10.3 Å². The van der Waals surface area contributed by atoms with Crippen LogP contribution in [0.25, 0.3) is 10.2 Å². The van der Waals surface area contributed by atoms with Crippen LogP contribution < -0.4 is 5.32 Å². The molecule has 0 aliphatic rings. The van der Waals surface area contributed by atoms with E-state index in [0.29, 0.717) is 21.5 Å². The Morgan fingerprint density at radius 3 is 2.67 bits per heavy atom. The molecule has 3 aromatic rings. The first-order valence-corrected chi connectivity index (χ1v) is 9.98. The average Bonchev–Trinajstić information content (AvgIpc) is 2.96. The number of amides is 1. The number of alkyl halides is 1. The molecule has 0 bridgehead atoms. The van der Waals surface area contributed by atoms with Gasteiger partial charge in [-0.25, -0.2) is 4.98 Å². The largest absolute Gasteiger partial charge is 0.325 e. The summed E-state index contributed by atoms with van der Waals surface area (Å²) in [4.78, 5) is 15.9. The van der Waals surface area contributed by atoms with Crippen LogP contribution in [0.2, 0.25) is 10.0 Å². The molecule has 0 radical (unpaired) electrons. The minimum atomic E-state index is -0.233. The number of thioether (sulfide) groups is 1. The minimum absolute atomic E-state index is 0.0690. The summed E-state index contributed by atoms with van der Waals surface area (Å²) in [5, 5.41) is 4.04. The number of benzene rings is 2. The van der Waals surface area contributed by atoms with Crippen molar-refractivity contribution in [3.05, 3.63) is 52.0 Å². The Kier molecular flexibility index (Phi) is 5.89. The molecule has 2 aromatic carbocycles. The molecule has 0 aliphatic heterocycles. The maximum atomic E-state index is 11.4. The van der Waals surface area contributed by atoms with Crippen molar-refractivity contribution in [3.63, 3.8) is 0 Å². The summed E-state index contributed by atoms with van der Waals surface area (Å²) in [6, 6.07) is 11.1. The number of nitrogens with zero attached hydrogens (tertiary/aromatic N) is 1. The minimum Gasteiger partial charge on any atom is -0.325 e. The molecular weight excluding hydrogens is 407 g/mol. The van der Waals surface area contributed by atoms with Crippen LogP contribution in [-0.2, 0) is 10.5 Å². The second kappa shape index (κ2) is 7.93. The molecule has 3 rings (SSSR count). The number of halogens is 3. The van der Waals surface area contributed by atoms with Gasteiger partial charge in [0, 0.05) is 21.5 Å². The smallest absolute Gasteiger partial charge is 0.239 e. The van der Waals surface area contributed by atoms with Crippen LogP contribution in [0.3, 0.4) is 0 Å². The molecule has 24 heavy (non-hydrogen) atoms. The first kappa shape index (κ1) is 17.8. The van der Waals surface area contributed by atoms with Crippen molar-refractivity contribution in [2.24, 2.45) is 0 Å². The third-order valence-corrected chi connectivity index (χ3v) is 6.31. The van der Waals surface area contributed by atoms with E-state index in [9.17, 15) is 4.79 Å². The van der Waals surface area contributed by atoms with Gasteiger partial charge in [-0.2, -0.15) is 0 Å². The van der Waals surface area contributed by atoms with Gasteiger partial charge in [-0.05, 0) is 35.9 Å². The summed E-state index contributed by atoms with van der Waals surface area (Å²) in [7, 11) is 0. The summed E-state index contributed by atoms with van der Waals surface area (Å²) < 4.78 is 1.91. The molecule has 0 spiro atoms. The molecule has 1 aromatic heterocycles. The Morgan fingerprint density at radius 1 is 1.21 bits per heavy atom. The predicted octanol–water partition coefficient (Wildman–Crippen LogP) is 6.07. The van der Waals surface area contributed by atoms with Gasteiger partial charge in [0.25, 0.3) is 0 Å². The van der Waals surface area contributed by atoms with Crippen LogP contribution in [0.4, 0.5) is 5.69 Å². The van der Waals surface area contributed by atoms with Gasteiger partial charge < -0.3 is 5.32 Å². The third-order valence-electron chi connectivity index (χ3n) is 3.18.